The van der Waals surface area contributed by atoms with Gasteiger partial charge in [0.1, 0.15) is 5.75 Å². The van der Waals surface area contributed by atoms with Crippen molar-refractivity contribution in [2.45, 2.75) is 6.54 Å². The summed E-state index contributed by atoms with van der Waals surface area (Å²) in [5.74, 6) is -0.0615. The summed E-state index contributed by atoms with van der Waals surface area (Å²) in [5.41, 5.74) is 2.04. The van der Waals surface area contributed by atoms with Crippen molar-refractivity contribution in [2.75, 3.05) is 32.7 Å². The molecule has 0 saturated carbocycles. The highest BCUT2D eigenvalue weighted by atomic mass is 35.5. The van der Waals surface area contributed by atoms with Crippen molar-refractivity contribution in [3.05, 3.63) is 58.1 Å². The minimum Gasteiger partial charge on any atom is -0.495 e. The predicted octanol–water partition coefficient (Wildman–Crippen LogP) is 3.20. The second-order valence-corrected chi connectivity index (χ2v) is 6.29. The Morgan fingerprint density at radius 3 is 2.81 bits per heavy atom. The molecule has 6 nitrogen and oxygen atoms in total. The number of benzene rings is 2. The number of fused-ring (bicyclic) bond motifs is 1. The number of carbonyl (C=O) groups excluding carboxylic acids is 2. The van der Waals surface area contributed by atoms with E-state index in [2.05, 4.69) is 5.32 Å². The van der Waals surface area contributed by atoms with Crippen LogP contribution in [0, 0.1) is 0 Å². The Balaban J connectivity index is 1.88. The molecule has 0 radical (unpaired) electrons. The Kier molecular flexibility index (Phi) is 5.44. The highest BCUT2D eigenvalue weighted by Crippen LogP contribution is 2.30. The van der Waals surface area contributed by atoms with E-state index < -0.39 is 0 Å². The molecule has 2 aromatic carbocycles. The molecule has 0 aliphatic carbocycles. The van der Waals surface area contributed by atoms with Crippen LogP contribution in [0.15, 0.2) is 36.4 Å². The van der Waals surface area contributed by atoms with Gasteiger partial charge in [-0.25, -0.2) is 0 Å². The van der Waals surface area contributed by atoms with Crippen LogP contribution in [0.25, 0.3) is 0 Å². The molecule has 2 amide bonds. The number of nitrogens with one attached hydrogen (secondary N) is 1. The van der Waals surface area contributed by atoms with Gasteiger partial charge in [0.05, 0.1) is 30.5 Å². The number of methoxy groups -OCH3 is 2. The van der Waals surface area contributed by atoms with Gasteiger partial charge < -0.3 is 19.7 Å². The van der Waals surface area contributed by atoms with Gasteiger partial charge in [0.25, 0.3) is 11.8 Å². The molecule has 1 aliphatic rings. The maximum Gasteiger partial charge on any atom is 0.256 e. The fraction of sp³-hybridized carbons (Fsp3) is 0.263. The maximum atomic E-state index is 12.8. The van der Waals surface area contributed by atoms with Crippen LogP contribution in [-0.2, 0) is 11.3 Å². The Hall–Kier alpha value is -2.57. The van der Waals surface area contributed by atoms with Gasteiger partial charge in [-0.05, 0) is 29.8 Å². The van der Waals surface area contributed by atoms with Crippen LogP contribution < -0.4 is 10.1 Å². The lowest BCUT2D eigenvalue weighted by Gasteiger charge is -2.15. The van der Waals surface area contributed by atoms with Crippen molar-refractivity contribution >= 4 is 29.1 Å². The molecule has 0 fully saturated rings. The number of carbonyl (C=O) groups is 2. The molecule has 0 bridgehead atoms. The van der Waals surface area contributed by atoms with Crippen molar-refractivity contribution in [1.29, 1.82) is 0 Å². The van der Waals surface area contributed by atoms with Crippen molar-refractivity contribution in [1.82, 2.24) is 4.90 Å². The van der Waals surface area contributed by atoms with Gasteiger partial charge in [-0.1, -0.05) is 23.7 Å². The number of hydrogen-bond acceptors (Lipinski definition) is 4. The zero-order valence-corrected chi connectivity index (χ0v) is 15.3. The van der Waals surface area contributed by atoms with Gasteiger partial charge in [0.15, 0.2) is 0 Å². The molecule has 0 saturated heterocycles. The van der Waals surface area contributed by atoms with Gasteiger partial charge in [0.2, 0.25) is 0 Å². The lowest BCUT2D eigenvalue weighted by molar-refractivity contribution is 0.0716. The number of hydrogen-bond donors (Lipinski definition) is 1. The molecule has 2 aromatic rings. The summed E-state index contributed by atoms with van der Waals surface area (Å²) in [7, 11) is 3.10. The summed E-state index contributed by atoms with van der Waals surface area (Å²) in [6.07, 6.45) is 0. The normalized spacial score (nSPS) is 12.9. The third-order valence-corrected chi connectivity index (χ3v) is 4.47. The summed E-state index contributed by atoms with van der Waals surface area (Å²) in [5, 5.41) is 3.26. The summed E-state index contributed by atoms with van der Waals surface area (Å²) in [6, 6.07) is 10.2. The topological polar surface area (TPSA) is 67.9 Å². The molecule has 1 heterocycles. The van der Waals surface area contributed by atoms with Crippen molar-refractivity contribution in [2.24, 2.45) is 0 Å². The van der Waals surface area contributed by atoms with E-state index in [1.807, 2.05) is 6.07 Å². The average molecular weight is 375 g/mol. The highest BCUT2D eigenvalue weighted by Gasteiger charge is 2.31. The zero-order valence-electron chi connectivity index (χ0n) is 14.5. The molecule has 0 aromatic heterocycles. The van der Waals surface area contributed by atoms with Gasteiger partial charge in [-0.15, -0.1) is 0 Å². The fourth-order valence-corrected chi connectivity index (χ4v) is 3.13. The zero-order chi connectivity index (χ0) is 18.7. The van der Waals surface area contributed by atoms with Gasteiger partial charge >= 0.3 is 0 Å². The van der Waals surface area contributed by atoms with Crippen LogP contribution in [-0.4, -0.2) is 44.1 Å². The molecule has 7 heteroatoms. The second kappa shape index (κ2) is 7.76. The number of rotatable bonds is 6. The van der Waals surface area contributed by atoms with E-state index in [4.69, 9.17) is 21.1 Å². The lowest BCUT2D eigenvalue weighted by atomic mass is 10.0. The first-order valence-electron chi connectivity index (χ1n) is 8.10. The van der Waals surface area contributed by atoms with Crippen LogP contribution in [0.5, 0.6) is 5.75 Å². The lowest BCUT2D eigenvalue weighted by Crippen LogP contribution is -2.28. The van der Waals surface area contributed by atoms with Crippen molar-refractivity contribution < 1.29 is 19.1 Å². The van der Waals surface area contributed by atoms with E-state index >= 15 is 0 Å². The molecule has 0 spiro atoms. The molecule has 0 unspecified atom stereocenters. The average Bonchev–Trinajstić information content (AvgIpc) is 2.96. The molecule has 136 valence electrons. The predicted molar refractivity (Wildman–Crippen MR) is 99.0 cm³/mol. The van der Waals surface area contributed by atoms with Gasteiger partial charge in [-0.3, -0.25) is 9.59 Å². The second-order valence-electron chi connectivity index (χ2n) is 5.86. The van der Waals surface area contributed by atoms with Crippen LogP contribution in [0.2, 0.25) is 5.02 Å². The standard InChI is InChI=1S/C19H19ClN2O4/c1-25-9-8-22-11-12-4-3-5-14(17(12)19(22)24)18(23)21-15-10-13(20)6-7-16(15)26-2/h3-7,10H,8-9,11H2,1-2H3,(H,21,23). The van der Waals surface area contributed by atoms with Crippen LogP contribution in [0.3, 0.4) is 0 Å². The maximum absolute atomic E-state index is 12.8. The van der Waals surface area contributed by atoms with E-state index in [0.29, 0.717) is 47.3 Å². The number of ether oxygens (including phenoxy) is 2. The van der Waals surface area contributed by atoms with E-state index in [-0.39, 0.29) is 11.8 Å². The molecule has 3 rings (SSSR count). The molecule has 0 atom stereocenters. The van der Waals surface area contributed by atoms with E-state index in [0.717, 1.165) is 5.56 Å². The number of amides is 2. The minimum absolute atomic E-state index is 0.166. The van der Waals surface area contributed by atoms with Gasteiger partial charge in [0, 0.05) is 25.2 Å². The first-order chi connectivity index (χ1) is 12.5. The van der Waals surface area contributed by atoms with Crippen molar-refractivity contribution in [3.8, 4) is 5.75 Å². The van der Waals surface area contributed by atoms with Gasteiger partial charge in [-0.2, -0.15) is 0 Å². The van der Waals surface area contributed by atoms with E-state index in [1.165, 1.54) is 7.11 Å². The summed E-state index contributed by atoms with van der Waals surface area (Å²) >= 11 is 6.01. The third kappa shape index (κ3) is 3.52. The van der Waals surface area contributed by atoms with E-state index in [1.54, 1.807) is 42.3 Å². The highest BCUT2D eigenvalue weighted by molar-refractivity contribution is 6.31. The third-order valence-electron chi connectivity index (χ3n) is 4.23. The molecular weight excluding hydrogens is 356 g/mol. The first-order valence-corrected chi connectivity index (χ1v) is 8.48. The Morgan fingerprint density at radius 2 is 2.08 bits per heavy atom. The SMILES string of the molecule is COCCN1Cc2cccc(C(=O)Nc3cc(Cl)ccc3OC)c2C1=O. The molecule has 1 N–H and O–H groups in total. The van der Waals surface area contributed by atoms with Crippen LogP contribution >= 0.6 is 11.6 Å². The van der Waals surface area contributed by atoms with Crippen LogP contribution in [0.4, 0.5) is 5.69 Å². The summed E-state index contributed by atoms with van der Waals surface area (Å²) in [6.45, 7) is 1.40. The Morgan fingerprint density at radius 1 is 1.27 bits per heavy atom. The Bertz CT molecular complexity index is 853. The first kappa shape index (κ1) is 18.2. The minimum atomic E-state index is -0.385. The number of nitrogens with zero attached hydrogens (tertiary/aromatic N) is 1. The quantitative estimate of drug-likeness (QED) is 0.843. The molecule has 26 heavy (non-hydrogen) atoms. The number of anilines is 1. The molecular formula is C19H19ClN2O4. The smallest absolute Gasteiger partial charge is 0.256 e. The monoisotopic (exact) mass is 374 g/mol. The van der Waals surface area contributed by atoms with Crippen LogP contribution in [0.1, 0.15) is 26.3 Å². The fourth-order valence-electron chi connectivity index (χ4n) is 2.96. The Labute approximate surface area is 156 Å². The van der Waals surface area contributed by atoms with E-state index in [9.17, 15) is 9.59 Å². The largest absolute Gasteiger partial charge is 0.495 e. The summed E-state index contributed by atoms with van der Waals surface area (Å²) < 4.78 is 10.3. The van der Waals surface area contributed by atoms with Crippen molar-refractivity contribution in [3.63, 3.8) is 0 Å². The number of halogens is 1. The summed E-state index contributed by atoms with van der Waals surface area (Å²) in [4.78, 5) is 27.2. The molecule has 1 aliphatic heterocycles.